The highest BCUT2D eigenvalue weighted by Crippen LogP contribution is 2.27. The monoisotopic (exact) mass is 339 g/mol. The van der Waals surface area contributed by atoms with Crippen molar-refractivity contribution in [3.8, 4) is 11.5 Å². The lowest BCUT2D eigenvalue weighted by molar-refractivity contribution is -0.120. The van der Waals surface area contributed by atoms with Crippen LogP contribution >= 0.6 is 0 Å². The Morgan fingerprint density at radius 2 is 2.00 bits per heavy atom. The molecule has 3 rings (SSSR count). The summed E-state index contributed by atoms with van der Waals surface area (Å²) in [5, 5.41) is 2.91. The Morgan fingerprint density at radius 3 is 2.72 bits per heavy atom. The molecule has 0 aliphatic heterocycles. The zero-order valence-electron chi connectivity index (χ0n) is 14.6. The molecule has 2 heterocycles. The van der Waals surface area contributed by atoms with Crippen LogP contribution in [0, 0.1) is 6.92 Å². The minimum atomic E-state index is -0.0685. The number of aryl methyl sites for hydroxylation is 1. The predicted octanol–water partition coefficient (Wildman–Crippen LogP) is 2.52. The quantitative estimate of drug-likeness (QED) is 0.749. The molecule has 0 unspecified atom stereocenters. The van der Waals surface area contributed by atoms with Crippen molar-refractivity contribution >= 4 is 11.6 Å². The fourth-order valence-electron chi connectivity index (χ4n) is 2.72. The maximum Gasteiger partial charge on any atom is 0.224 e. The van der Waals surface area contributed by atoms with Crippen molar-refractivity contribution in [3.63, 3.8) is 0 Å². The van der Waals surface area contributed by atoms with Gasteiger partial charge in [0, 0.05) is 12.4 Å². The molecular weight excluding hydrogens is 318 g/mol. The van der Waals surface area contributed by atoms with E-state index in [-0.39, 0.29) is 12.3 Å². The third-order valence-electron chi connectivity index (χ3n) is 4.01. The third-order valence-corrected chi connectivity index (χ3v) is 4.01. The Kier molecular flexibility index (Phi) is 4.88. The summed E-state index contributed by atoms with van der Waals surface area (Å²) in [6, 6.07) is 9.46. The molecule has 0 bridgehead atoms. The van der Waals surface area contributed by atoms with Gasteiger partial charge in [0.2, 0.25) is 5.91 Å². The van der Waals surface area contributed by atoms with Gasteiger partial charge in [-0.3, -0.25) is 4.79 Å². The molecule has 0 radical (unpaired) electrons. The standard InChI is InChI=1S/C19H21N3O3/c1-13-5-4-8-22-12-15(21-19(13)22)11-20-18(23)10-14-6-7-16(24-2)17(9-14)25-3/h4-9,12H,10-11H2,1-3H3,(H,20,23). The Bertz CT molecular complexity index is 902. The van der Waals surface area contributed by atoms with Crippen molar-refractivity contribution in [2.45, 2.75) is 19.9 Å². The van der Waals surface area contributed by atoms with Crippen LogP contribution in [0.15, 0.2) is 42.7 Å². The van der Waals surface area contributed by atoms with E-state index in [2.05, 4.69) is 10.3 Å². The molecule has 1 N–H and O–H groups in total. The highest BCUT2D eigenvalue weighted by Gasteiger charge is 2.09. The maximum atomic E-state index is 12.2. The molecule has 0 atom stereocenters. The number of fused-ring (bicyclic) bond motifs is 1. The smallest absolute Gasteiger partial charge is 0.224 e. The topological polar surface area (TPSA) is 64.9 Å². The first-order valence-corrected chi connectivity index (χ1v) is 8.01. The number of hydrogen-bond acceptors (Lipinski definition) is 4. The zero-order chi connectivity index (χ0) is 17.8. The van der Waals surface area contributed by atoms with E-state index in [0.717, 1.165) is 22.5 Å². The van der Waals surface area contributed by atoms with E-state index in [4.69, 9.17) is 9.47 Å². The second-order valence-electron chi connectivity index (χ2n) is 5.80. The van der Waals surface area contributed by atoms with E-state index in [1.807, 2.05) is 48.0 Å². The van der Waals surface area contributed by atoms with Crippen LogP contribution in [0.3, 0.4) is 0 Å². The van der Waals surface area contributed by atoms with Gasteiger partial charge < -0.3 is 19.2 Å². The molecule has 0 aliphatic carbocycles. The normalized spacial score (nSPS) is 10.7. The third kappa shape index (κ3) is 3.74. The number of methoxy groups -OCH3 is 2. The summed E-state index contributed by atoms with van der Waals surface area (Å²) >= 11 is 0. The highest BCUT2D eigenvalue weighted by molar-refractivity contribution is 5.78. The lowest BCUT2D eigenvalue weighted by Crippen LogP contribution is -2.24. The first-order valence-electron chi connectivity index (χ1n) is 8.01. The van der Waals surface area contributed by atoms with Crippen LogP contribution in [0.25, 0.3) is 5.65 Å². The first kappa shape index (κ1) is 16.8. The number of carbonyl (C=O) groups excluding carboxylic acids is 1. The molecule has 0 spiro atoms. The summed E-state index contributed by atoms with van der Waals surface area (Å²) < 4.78 is 12.4. The molecule has 0 saturated carbocycles. The molecule has 1 aromatic carbocycles. The Hall–Kier alpha value is -3.02. The van der Waals surface area contributed by atoms with E-state index < -0.39 is 0 Å². The molecule has 0 aliphatic rings. The number of hydrogen-bond donors (Lipinski definition) is 1. The maximum absolute atomic E-state index is 12.2. The van der Waals surface area contributed by atoms with Crippen molar-refractivity contribution in [1.29, 1.82) is 0 Å². The number of nitrogens with zero attached hydrogens (tertiary/aromatic N) is 2. The van der Waals surface area contributed by atoms with Crippen LogP contribution in [-0.4, -0.2) is 29.5 Å². The molecule has 1 amide bonds. The van der Waals surface area contributed by atoms with Gasteiger partial charge in [0.1, 0.15) is 5.65 Å². The van der Waals surface area contributed by atoms with Gasteiger partial charge in [0.25, 0.3) is 0 Å². The SMILES string of the molecule is COc1ccc(CC(=O)NCc2cn3cccc(C)c3n2)cc1OC. The minimum absolute atomic E-state index is 0.0685. The summed E-state index contributed by atoms with van der Waals surface area (Å²) in [5.74, 6) is 1.19. The fraction of sp³-hybridized carbons (Fsp3) is 0.263. The first-order chi connectivity index (χ1) is 12.1. The summed E-state index contributed by atoms with van der Waals surface area (Å²) in [7, 11) is 3.16. The molecule has 2 aromatic heterocycles. The van der Waals surface area contributed by atoms with Gasteiger partial charge in [-0.1, -0.05) is 12.1 Å². The molecule has 6 nitrogen and oxygen atoms in total. The second-order valence-corrected chi connectivity index (χ2v) is 5.80. The average Bonchev–Trinajstić information content (AvgIpc) is 3.04. The van der Waals surface area contributed by atoms with Gasteiger partial charge in [-0.05, 0) is 36.2 Å². The zero-order valence-corrected chi connectivity index (χ0v) is 14.6. The van der Waals surface area contributed by atoms with Gasteiger partial charge in [0.15, 0.2) is 11.5 Å². The van der Waals surface area contributed by atoms with Crippen LogP contribution in [0.5, 0.6) is 11.5 Å². The molecule has 25 heavy (non-hydrogen) atoms. The summed E-state index contributed by atoms with van der Waals surface area (Å²) in [6.45, 7) is 2.41. The molecule has 6 heteroatoms. The van der Waals surface area contributed by atoms with Crippen molar-refractivity contribution < 1.29 is 14.3 Å². The Labute approximate surface area is 146 Å². The molecular formula is C19H21N3O3. The molecule has 3 aromatic rings. The number of imidazole rings is 1. The number of benzene rings is 1. The van der Waals surface area contributed by atoms with Gasteiger partial charge in [-0.25, -0.2) is 4.98 Å². The average molecular weight is 339 g/mol. The van der Waals surface area contributed by atoms with Crippen LogP contribution in [-0.2, 0) is 17.8 Å². The summed E-state index contributed by atoms with van der Waals surface area (Å²) in [6.07, 6.45) is 4.15. The van der Waals surface area contributed by atoms with Crippen LogP contribution < -0.4 is 14.8 Å². The predicted molar refractivity (Wildman–Crippen MR) is 95.0 cm³/mol. The van der Waals surface area contributed by atoms with Gasteiger partial charge in [-0.2, -0.15) is 0 Å². The van der Waals surface area contributed by atoms with E-state index in [1.165, 1.54) is 0 Å². The van der Waals surface area contributed by atoms with Crippen molar-refractivity contribution in [1.82, 2.24) is 14.7 Å². The second kappa shape index (κ2) is 7.25. The van der Waals surface area contributed by atoms with Crippen molar-refractivity contribution in [3.05, 3.63) is 59.5 Å². The number of nitrogens with one attached hydrogen (secondary N) is 1. The number of amides is 1. The largest absolute Gasteiger partial charge is 0.493 e. The molecule has 0 fully saturated rings. The Morgan fingerprint density at radius 1 is 1.20 bits per heavy atom. The number of pyridine rings is 1. The fourth-order valence-corrected chi connectivity index (χ4v) is 2.72. The van der Waals surface area contributed by atoms with Crippen molar-refractivity contribution in [2.24, 2.45) is 0 Å². The van der Waals surface area contributed by atoms with Gasteiger partial charge in [0.05, 0.1) is 32.9 Å². The van der Waals surface area contributed by atoms with Crippen LogP contribution in [0.4, 0.5) is 0 Å². The number of aromatic nitrogens is 2. The molecule has 0 saturated heterocycles. The highest BCUT2D eigenvalue weighted by atomic mass is 16.5. The lowest BCUT2D eigenvalue weighted by atomic mass is 10.1. The van der Waals surface area contributed by atoms with Crippen LogP contribution in [0.1, 0.15) is 16.8 Å². The lowest BCUT2D eigenvalue weighted by Gasteiger charge is -2.09. The summed E-state index contributed by atoms with van der Waals surface area (Å²) in [4.78, 5) is 16.8. The number of ether oxygens (including phenoxy) is 2. The number of carbonyl (C=O) groups is 1. The number of rotatable bonds is 6. The molecule has 130 valence electrons. The van der Waals surface area contributed by atoms with E-state index in [1.54, 1.807) is 20.3 Å². The Balaban J connectivity index is 1.63. The van der Waals surface area contributed by atoms with E-state index in [0.29, 0.717) is 18.0 Å². The van der Waals surface area contributed by atoms with E-state index in [9.17, 15) is 4.79 Å². The van der Waals surface area contributed by atoms with Crippen molar-refractivity contribution in [2.75, 3.05) is 14.2 Å². The van der Waals surface area contributed by atoms with E-state index >= 15 is 0 Å². The van der Waals surface area contributed by atoms with Gasteiger partial charge in [-0.15, -0.1) is 0 Å². The van der Waals surface area contributed by atoms with Crippen LogP contribution in [0.2, 0.25) is 0 Å². The summed E-state index contributed by atoms with van der Waals surface area (Å²) in [5.41, 5.74) is 3.70. The minimum Gasteiger partial charge on any atom is -0.493 e. The van der Waals surface area contributed by atoms with Gasteiger partial charge >= 0.3 is 0 Å².